The molecule has 1 unspecified atom stereocenters. The topological polar surface area (TPSA) is 108 Å². The summed E-state index contributed by atoms with van der Waals surface area (Å²) < 4.78 is 1.17. The molecule has 110 valence electrons. The monoisotopic (exact) mass is 296 g/mol. The van der Waals surface area contributed by atoms with Crippen LogP contribution in [0.4, 0.5) is 5.69 Å². The van der Waals surface area contributed by atoms with Crippen molar-refractivity contribution in [3.05, 3.63) is 57.0 Å². The summed E-state index contributed by atoms with van der Waals surface area (Å²) in [5.41, 5.74) is 4.48. The lowest BCUT2D eigenvalue weighted by Crippen LogP contribution is -2.37. The van der Waals surface area contributed by atoms with Crippen LogP contribution < -0.4 is 16.7 Å². The van der Waals surface area contributed by atoms with Crippen LogP contribution in [0.1, 0.15) is 11.5 Å². The van der Waals surface area contributed by atoms with Gasteiger partial charge >= 0.3 is 5.69 Å². The summed E-state index contributed by atoms with van der Waals surface area (Å²) >= 11 is 0. The maximum atomic E-state index is 12.4. The Morgan fingerprint density at radius 2 is 2.09 bits per heavy atom. The molecule has 0 amide bonds. The first-order chi connectivity index (χ1) is 10.7. The van der Waals surface area contributed by atoms with E-state index >= 15 is 0 Å². The summed E-state index contributed by atoms with van der Waals surface area (Å²) in [5, 5.41) is 4.08. The molecular weight excluding hydrogens is 284 g/mol. The number of imidazole rings is 1. The highest BCUT2D eigenvalue weighted by atomic mass is 16.2. The van der Waals surface area contributed by atoms with E-state index < -0.39 is 5.69 Å². The van der Waals surface area contributed by atoms with Gasteiger partial charge in [-0.15, -0.1) is 0 Å². The number of fused-ring (bicyclic) bond motifs is 2. The summed E-state index contributed by atoms with van der Waals surface area (Å²) in [6, 6.07) is 7.67. The second-order valence-electron chi connectivity index (χ2n) is 5.06. The lowest BCUT2D eigenvalue weighted by Gasteiger charge is -2.20. The summed E-state index contributed by atoms with van der Waals surface area (Å²) in [6.07, 6.45) is 3.08. The van der Waals surface area contributed by atoms with Gasteiger partial charge < -0.3 is 4.98 Å². The number of nitrogens with one attached hydrogen (secondary N) is 3. The zero-order chi connectivity index (χ0) is 15.1. The molecule has 8 heteroatoms. The Hall–Kier alpha value is -3.16. The van der Waals surface area contributed by atoms with E-state index in [1.54, 1.807) is 6.21 Å². The van der Waals surface area contributed by atoms with Crippen LogP contribution in [0.2, 0.25) is 0 Å². The van der Waals surface area contributed by atoms with Crippen molar-refractivity contribution in [2.24, 2.45) is 5.10 Å². The minimum absolute atomic E-state index is 0.156. The molecule has 0 saturated carbocycles. The van der Waals surface area contributed by atoms with E-state index in [2.05, 4.69) is 25.5 Å². The molecule has 0 radical (unpaired) electrons. The minimum Gasteiger partial charge on any atom is -0.339 e. The third kappa shape index (κ3) is 1.85. The summed E-state index contributed by atoms with van der Waals surface area (Å²) in [7, 11) is 0. The Morgan fingerprint density at radius 3 is 3.00 bits per heavy atom. The van der Waals surface area contributed by atoms with E-state index in [0.29, 0.717) is 5.52 Å². The van der Waals surface area contributed by atoms with Crippen molar-refractivity contribution in [1.82, 2.24) is 19.5 Å². The average Bonchev–Trinajstić information content (AvgIpc) is 3.00. The maximum Gasteiger partial charge on any atom is 0.330 e. The zero-order valence-electron chi connectivity index (χ0n) is 11.4. The van der Waals surface area contributed by atoms with Crippen LogP contribution >= 0.6 is 0 Å². The smallest absolute Gasteiger partial charge is 0.330 e. The number of nitrogens with zero attached hydrogens (tertiary/aromatic N) is 3. The average molecular weight is 296 g/mol. The molecule has 0 bridgehead atoms. The number of aromatic amines is 2. The normalized spacial score (nSPS) is 16.5. The zero-order valence-corrected chi connectivity index (χ0v) is 11.4. The van der Waals surface area contributed by atoms with Crippen molar-refractivity contribution in [1.29, 1.82) is 0 Å². The van der Waals surface area contributed by atoms with E-state index in [1.165, 1.54) is 10.9 Å². The Morgan fingerprint density at radius 1 is 1.23 bits per heavy atom. The van der Waals surface area contributed by atoms with Crippen molar-refractivity contribution in [2.45, 2.75) is 12.5 Å². The molecule has 0 spiro atoms. The summed E-state index contributed by atoms with van der Waals surface area (Å²) in [6.45, 7) is 0.214. The standard InChI is InChI=1S/C14H12N6O2/c21-13-11-12(16-7-15-11)18-14(22)20(13)6-8-5-17-19-10-4-2-1-3-9(8)10/h1-5,7-8,19H,6H2,(H,15,16)(H,18,22). The van der Waals surface area contributed by atoms with Gasteiger partial charge in [0.25, 0.3) is 5.56 Å². The Balaban J connectivity index is 1.81. The number of anilines is 1. The highest BCUT2D eigenvalue weighted by Crippen LogP contribution is 2.27. The van der Waals surface area contributed by atoms with Gasteiger partial charge in [0, 0.05) is 18.7 Å². The van der Waals surface area contributed by atoms with Gasteiger partial charge in [0.05, 0.1) is 12.0 Å². The fourth-order valence-electron chi connectivity index (χ4n) is 2.66. The highest BCUT2D eigenvalue weighted by Gasteiger charge is 2.20. The quantitative estimate of drug-likeness (QED) is 0.643. The van der Waals surface area contributed by atoms with Gasteiger partial charge in [-0.25, -0.2) is 9.78 Å². The fraction of sp³-hybridized carbons (Fsp3) is 0.143. The van der Waals surface area contributed by atoms with Gasteiger partial charge in [-0.2, -0.15) is 5.10 Å². The Kier molecular flexibility index (Phi) is 2.68. The largest absolute Gasteiger partial charge is 0.339 e. The molecule has 22 heavy (non-hydrogen) atoms. The molecular formula is C14H12N6O2. The molecule has 4 rings (SSSR count). The number of hydrogen-bond donors (Lipinski definition) is 3. The lowest BCUT2D eigenvalue weighted by molar-refractivity contribution is 0.610. The van der Waals surface area contributed by atoms with Crippen LogP contribution in [0.5, 0.6) is 0 Å². The summed E-state index contributed by atoms with van der Waals surface area (Å²) in [5.74, 6) is -0.156. The highest BCUT2D eigenvalue weighted by molar-refractivity contribution is 5.76. The number of hydrogen-bond acceptors (Lipinski definition) is 5. The van der Waals surface area contributed by atoms with Crippen LogP contribution in [0, 0.1) is 0 Å². The fourth-order valence-corrected chi connectivity index (χ4v) is 2.66. The minimum atomic E-state index is -0.478. The van der Waals surface area contributed by atoms with Gasteiger partial charge in [0.15, 0.2) is 5.65 Å². The van der Waals surface area contributed by atoms with Crippen molar-refractivity contribution < 1.29 is 0 Å². The maximum absolute atomic E-state index is 12.4. The second-order valence-corrected chi connectivity index (χ2v) is 5.06. The Bertz CT molecular complexity index is 996. The first-order valence-electron chi connectivity index (χ1n) is 6.78. The number of aromatic nitrogens is 4. The van der Waals surface area contributed by atoms with Crippen LogP contribution in [-0.2, 0) is 6.54 Å². The molecule has 3 N–H and O–H groups in total. The van der Waals surface area contributed by atoms with Crippen molar-refractivity contribution in [2.75, 3.05) is 5.43 Å². The first kappa shape index (κ1) is 12.6. The third-order valence-corrected chi connectivity index (χ3v) is 3.75. The van der Waals surface area contributed by atoms with Crippen LogP contribution in [0.15, 0.2) is 45.3 Å². The van der Waals surface area contributed by atoms with Crippen molar-refractivity contribution >= 4 is 23.1 Å². The number of hydrazone groups is 1. The van der Waals surface area contributed by atoms with Gasteiger partial charge in [-0.1, -0.05) is 18.2 Å². The predicted octanol–water partition coefficient (Wildman–Crippen LogP) is 0.608. The van der Waals surface area contributed by atoms with E-state index in [4.69, 9.17) is 0 Å². The molecule has 2 aromatic heterocycles. The van der Waals surface area contributed by atoms with Crippen molar-refractivity contribution in [3.8, 4) is 0 Å². The van der Waals surface area contributed by atoms with Crippen molar-refractivity contribution in [3.63, 3.8) is 0 Å². The molecule has 1 aromatic carbocycles. The van der Waals surface area contributed by atoms with Crippen LogP contribution in [-0.4, -0.2) is 25.7 Å². The summed E-state index contributed by atoms with van der Waals surface area (Å²) in [4.78, 5) is 33.8. The van der Waals surface area contributed by atoms with Gasteiger partial charge in [0.2, 0.25) is 0 Å². The molecule has 0 saturated heterocycles. The van der Waals surface area contributed by atoms with E-state index in [-0.39, 0.29) is 23.7 Å². The second kappa shape index (κ2) is 4.69. The first-order valence-corrected chi connectivity index (χ1v) is 6.78. The van der Waals surface area contributed by atoms with E-state index in [1.807, 2.05) is 24.3 Å². The molecule has 0 fully saturated rings. The number of benzene rings is 1. The molecule has 8 nitrogen and oxygen atoms in total. The third-order valence-electron chi connectivity index (χ3n) is 3.75. The number of H-pyrrole nitrogens is 2. The van der Waals surface area contributed by atoms with Crippen LogP contribution in [0.3, 0.4) is 0 Å². The molecule has 1 aliphatic heterocycles. The predicted molar refractivity (Wildman–Crippen MR) is 82.3 cm³/mol. The number of rotatable bonds is 2. The van der Waals surface area contributed by atoms with E-state index in [0.717, 1.165) is 11.3 Å². The lowest BCUT2D eigenvalue weighted by atomic mass is 9.97. The molecule has 1 atom stereocenters. The van der Waals surface area contributed by atoms with Gasteiger partial charge in [0.1, 0.15) is 5.52 Å². The molecule has 0 aliphatic carbocycles. The SMILES string of the molecule is O=c1[nH]c2nc[nH]c2c(=O)n1CC1C=NNc2ccccc21. The van der Waals surface area contributed by atoms with E-state index in [9.17, 15) is 9.59 Å². The molecule has 3 heterocycles. The molecule has 3 aromatic rings. The van der Waals surface area contributed by atoms with Gasteiger partial charge in [-0.3, -0.25) is 19.8 Å². The number of para-hydroxylation sites is 1. The Labute approximate surface area is 123 Å². The van der Waals surface area contributed by atoms with Gasteiger partial charge in [-0.05, 0) is 11.6 Å². The van der Waals surface area contributed by atoms with Crippen LogP contribution in [0.25, 0.3) is 11.2 Å². The molecule has 1 aliphatic rings.